The number of ether oxygens (including phenoxy) is 2. The molecule has 0 N–H and O–H groups in total. The van der Waals surface area contributed by atoms with E-state index in [4.69, 9.17) is 9.47 Å². The number of hydrogen-bond donors (Lipinski definition) is 0. The SMILES string of the molecule is C=CC1CCC(c2ccc(-c3ccc(-c4ccc(OCCC)c(F)c4F)cc3)c(F)c2F)CO1. The van der Waals surface area contributed by atoms with Crippen LogP contribution in [0.5, 0.6) is 5.75 Å². The highest BCUT2D eigenvalue weighted by atomic mass is 19.2. The van der Waals surface area contributed by atoms with Crippen LogP contribution in [-0.2, 0) is 4.74 Å². The average molecular weight is 471 g/mol. The zero-order valence-electron chi connectivity index (χ0n) is 18.9. The second kappa shape index (κ2) is 10.4. The van der Waals surface area contributed by atoms with E-state index in [1.807, 2.05) is 6.92 Å². The van der Waals surface area contributed by atoms with Crippen molar-refractivity contribution in [2.24, 2.45) is 0 Å². The summed E-state index contributed by atoms with van der Waals surface area (Å²) in [6.07, 6.45) is 3.73. The average Bonchev–Trinajstić information content (AvgIpc) is 2.87. The molecule has 0 saturated carbocycles. The summed E-state index contributed by atoms with van der Waals surface area (Å²) in [7, 11) is 0. The molecule has 178 valence electrons. The Labute approximate surface area is 196 Å². The molecule has 1 fully saturated rings. The second-order valence-corrected chi connectivity index (χ2v) is 8.38. The topological polar surface area (TPSA) is 18.5 Å². The fraction of sp³-hybridized carbons (Fsp3) is 0.286. The number of hydrogen-bond acceptors (Lipinski definition) is 2. The van der Waals surface area contributed by atoms with E-state index in [1.165, 1.54) is 12.1 Å². The van der Waals surface area contributed by atoms with Crippen molar-refractivity contribution in [3.8, 4) is 28.0 Å². The lowest BCUT2D eigenvalue weighted by Gasteiger charge is -2.28. The molecule has 1 heterocycles. The van der Waals surface area contributed by atoms with E-state index in [-0.39, 0.29) is 35.5 Å². The van der Waals surface area contributed by atoms with Gasteiger partial charge in [0, 0.05) is 17.0 Å². The van der Waals surface area contributed by atoms with E-state index in [0.29, 0.717) is 42.6 Å². The predicted octanol–water partition coefficient (Wildman–Crippen LogP) is 7.81. The molecule has 1 aliphatic heterocycles. The zero-order valence-corrected chi connectivity index (χ0v) is 18.9. The van der Waals surface area contributed by atoms with E-state index >= 15 is 0 Å². The minimum absolute atomic E-state index is 0.0553. The molecule has 34 heavy (non-hydrogen) atoms. The third kappa shape index (κ3) is 4.73. The lowest BCUT2D eigenvalue weighted by atomic mass is 9.89. The van der Waals surface area contributed by atoms with Crippen LogP contribution in [0.2, 0.25) is 0 Å². The molecule has 3 aromatic rings. The summed E-state index contributed by atoms with van der Waals surface area (Å²) in [5.74, 6) is -4.25. The zero-order chi connectivity index (χ0) is 24.2. The summed E-state index contributed by atoms with van der Waals surface area (Å²) in [6.45, 7) is 6.17. The molecule has 0 bridgehead atoms. The Morgan fingerprint density at radius 2 is 1.47 bits per heavy atom. The van der Waals surface area contributed by atoms with Gasteiger partial charge in [-0.25, -0.2) is 13.2 Å². The van der Waals surface area contributed by atoms with E-state index in [9.17, 15) is 17.6 Å². The summed E-state index contributed by atoms with van der Waals surface area (Å²) in [6, 6.07) is 12.2. The maximum absolute atomic E-state index is 15.0. The highest BCUT2D eigenvalue weighted by Crippen LogP contribution is 2.36. The highest BCUT2D eigenvalue weighted by molar-refractivity contribution is 5.71. The third-order valence-electron chi connectivity index (χ3n) is 6.14. The lowest BCUT2D eigenvalue weighted by Crippen LogP contribution is -2.23. The van der Waals surface area contributed by atoms with Crippen molar-refractivity contribution in [3.63, 3.8) is 0 Å². The standard InChI is InChI=1S/C28H26F4O2/c1-3-15-33-24-14-13-22(27(31)28(24)32)18-7-5-17(6-8-18)21-11-12-23(26(30)25(21)29)19-9-10-20(4-2)34-16-19/h4-8,11-14,19-20H,2-3,9-10,15-16H2,1H3. The molecular weight excluding hydrogens is 444 g/mol. The summed E-state index contributed by atoms with van der Waals surface area (Å²) in [4.78, 5) is 0. The van der Waals surface area contributed by atoms with E-state index in [1.54, 1.807) is 42.5 Å². The van der Waals surface area contributed by atoms with Gasteiger partial charge < -0.3 is 9.47 Å². The maximum Gasteiger partial charge on any atom is 0.201 e. The molecule has 2 nitrogen and oxygen atoms in total. The van der Waals surface area contributed by atoms with Crippen LogP contribution in [0.4, 0.5) is 17.6 Å². The molecule has 0 amide bonds. The molecule has 0 spiro atoms. The van der Waals surface area contributed by atoms with E-state index < -0.39 is 23.3 Å². The van der Waals surface area contributed by atoms with Crippen molar-refractivity contribution in [2.45, 2.75) is 38.2 Å². The Kier molecular flexibility index (Phi) is 7.37. The van der Waals surface area contributed by atoms with Gasteiger partial charge in [-0.1, -0.05) is 49.4 Å². The highest BCUT2D eigenvalue weighted by Gasteiger charge is 2.26. The van der Waals surface area contributed by atoms with Crippen molar-refractivity contribution >= 4 is 0 Å². The normalized spacial score (nSPS) is 18.0. The molecule has 1 aliphatic rings. The lowest BCUT2D eigenvalue weighted by molar-refractivity contribution is 0.0320. The van der Waals surface area contributed by atoms with Crippen LogP contribution < -0.4 is 4.74 Å². The van der Waals surface area contributed by atoms with Gasteiger partial charge in [0.15, 0.2) is 23.2 Å². The number of rotatable bonds is 7. The van der Waals surface area contributed by atoms with Gasteiger partial charge in [0.2, 0.25) is 5.82 Å². The van der Waals surface area contributed by atoms with Gasteiger partial charge in [-0.2, -0.15) is 4.39 Å². The van der Waals surface area contributed by atoms with Gasteiger partial charge in [0.1, 0.15) is 0 Å². The Balaban J connectivity index is 1.57. The Morgan fingerprint density at radius 1 is 0.853 bits per heavy atom. The third-order valence-corrected chi connectivity index (χ3v) is 6.14. The first kappa shape index (κ1) is 24.0. The molecule has 3 aromatic carbocycles. The Bertz CT molecular complexity index is 1170. The second-order valence-electron chi connectivity index (χ2n) is 8.38. The van der Waals surface area contributed by atoms with Crippen molar-refractivity contribution in [1.82, 2.24) is 0 Å². The van der Waals surface area contributed by atoms with Crippen LogP contribution in [0.15, 0.2) is 61.2 Å². The first-order chi connectivity index (χ1) is 16.4. The molecule has 4 rings (SSSR count). The molecular formula is C28H26F4O2. The predicted molar refractivity (Wildman–Crippen MR) is 125 cm³/mol. The summed E-state index contributed by atoms with van der Waals surface area (Å²) < 4.78 is 69.7. The fourth-order valence-electron chi connectivity index (χ4n) is 4.21. The van der Waals surface area contributed by atoms with Crippen LogP contribution in [0.25, 0.3) is 22.3 Å². The van der Waals surface area contributed by atoms with Crippen LogP contribution in [0.1, 0.15) is 37.7 Å². The van der Waals surface area contributed by atoms with E-state index in [2.05, 4.69) is 6.58 Å². The maximum atomic E-state index is 15.0. The minimum atomic E-state index is -1.05. The van der Waals surface area contributed by atoms with Gasteiger partial charge in [-0.3, -0.25) is 0 Å². The molecule has 2 atom stereocenters. The van der Waals surface area contributed by atoms with Crippen LogP contribution >= 0.6 is 0 Å². The summed E-state index contributed by atoms with van der Waals surface area (Å²) in [5, 5.41) is 0. The van der Waals surface area contributed by atoms with Gasteiger partial charge in [-0.05, 0) is 48.1 Å². The molecule has 0 aliphatic carbocycles. The minimum Gasteiger partial charge on any atom is -0.490 e. The van der Waals surface area contributed by atoms with Gasteiger partial charge in [0.05, 0.1) is 19.3 Å². The van der Waals surface area contributed by atoms with Crippen LogP contribution in [0, 0.1) is 23.3 Å². The molecule has 2 unspecified atom stereocenters. The largest absolute Gasteiger partial charge is 0.490 e. The fourth-order valence-corrected chi connectivity index (χ4v) is 4.21. The smallest absolute Gasteiger partial charge is 0.201 e. The van der Waals surface area contributed by atoms with Crippen LogP contribution in [0.3, 0.4) is 0 Å². The van der Waals surface area contributed by atoms with Gasteiger partial charge >= 0.3 is 0 Å². The van der Waals surface area contributed by atoms with Gasteiger partial charge in [-0.15, -0.1) is 6.58 Å². The van der Waals surface area contributed by atoms with Crippen LogP contribution in [-0.4, -0.2) is 19.3 Å². The van der Waals surface area contributed by atoms with Gasteiger partial charge in [0.25, 0.3) is 0 Å². The van der Waals surface area contributed by atoms with Crippen molar-refractivity contribution in [1.29, 1.82) is 0 Å². The Hall–Kier alpha value is -3.12. The number of halogens is 4. The summed E-state index contributed by atoms with van der Waals surface area (Å²) >= 11 is 0. The molecule has 1 saturated heterocycles. The van der Waals surface area contributed by atoms with E-state index in [0.717, 1.165) is 0 Å². The van der Waals surface area contributed by atoms with Crippen molar-refractivity contribution in [3.05, 3.63) is 90.0 Å². The van der Waals surface area contributed by atoms with Crippen molar-refractivity contribution < 1.29 is 27.0 Å². The summed E-state index contributed by atoms with van der Waals surface area (Å²) in [5.41, 5.74) is 1.30. The monoisotopic (exact) mass is 470 g/mol. The van der Waals surface area contributed by atoms with Crippen molar-refractivity contribution in [2.75, 3.05) is 13.2 Å². The quantitative estimate of drug-likeness (QED) is 0.259. The number of benzene rings is 3. The molecule has 0 radical (unpaired) electrons. The molecule has 6 heteroatoms. The molecule has 0 aromatic heterocycles. The first-order valence-electron chi connectivity index (χ1n) is 11.4. The Morgan fingerprint density at radius 3 is 2.03 bits per heavy atom. The first-order valence-corrected chi connectivity index (χ1v) is 11.4.